The number of pyridine rings is 1. The molecule has 1 atom stereocenters. The van der Waals surface area contributed by atoms with Gasteiger partial charge >= 0.3 is 0 Å². The van der Waals surface area contributed by atoms with Crippen molar-refractivity contribution in [2.24, 2.45) is 11.8 Å². The van der Waals surface area contributed by atoms with Crippen molar-refractivity contribution in [1.82, 2.24) is 15.2 Å². The number of carbonyl (C=O) groups is 2. The molecule has 0 bridgehead atoms. The van der Waals surface area contributed by atoms with Crippen molar-refractivity contribution in [3.8, 4) is 0 Å². The largest absolute Gasteiger partial charge is 0.375 e. The SMILES string of the molecule is O=C(NCC1CCOC2(CCN(C(=O)CCC3CCCCC3)CC2)C1)c1ccncc1. The van der Waals surface area contributed by atoms with Crippen LogP contribution in [0.25, 0.3) is 0 Å². The minimum atomic E-state index is -0.121. The summed E-state index contributed by atoms with van der Waals surface area (Å²) in [6, 6.07) is 3.48. The Bertz CT molecular complexity index is 725. The van der Waals surface area contributed by atoms with E-state index >= 15 is 0 Å². The molecule has 1 saturated carbocycles. The van der Waals surface area contributed by atoms with Gasteiger partial charge in [0.05, 0.1) is 5.60 Å². The maximum atomic E-state index is 12.7. The molecule has 2 amide bonds. The Morgan fingerprint density at radius 1 is 1.06 bits per heavy atom. The topological polar surface area (TPSA) is 71.5 Å². The van der Waals surface area contributed by atoms with Crippen LogP contribution in [0.3, 0.4) is 0 Å². The molecule has 1 spiro atoms. The molecule has 3 aliphatic rings. The second kappa shape index (κ2) is 10.6. The number of hydrogen-bond acceptors (Lipinski definition) is 4. The monoisotopic (exact) mass is 427 g/mol. The summed E-state index contributed by atoms with van der Waals surface area (Å²) in [6.45, 7) is 3.03. The van der Waals surface area contributed by atoms with Crippen molar-refractivity contribution in [2.45, 2.75) is 76.2 Å². The lowest BCUT2D eigenvalue weighted by Gasteiger charge is -2.46. The molecule has 1 N–H and O–H groups in total. The Hall–Kier alpha value is -1.95. The average molecular weight is 428 g/mol. The lowest BCUT2D eigenvalue weighted by Crippen LogP contribution is -2.51. The second-order valence-electron chi connectivity index (χ2n) is 9.76. The summed E-state index contributed by atoms with van der Waals surface area (Å²) in [6.07, 6.45) is 15.5. The van der Waals surface area contributed by atoms with Gasteiger partial charge in [0.15, 0.2) is 0 Å². The van der Waals surface area contributed by atoms with E-state index in [1.807, 2.05) is 0 Å². The maximum absolute atomic E-state index is 12.7. The van der Waals surface area contributed by atoms with Crippen molar-refractivity contribution in [3.63, 3.8) is 0 Å². The zero-order valence-corrected chi connectivity index (χ0v) is 18.7. The third kappa shape index (κ3) is 6.06. The van der Waals surface area contributed by atoms with Gasteiger partial charge in [0.1, 0.15) is 0 Å². The average Bonchev–Trinajstić information content (AvgIpc) is 2.83. The smallest absolute Gasteiger partial charge is 0.251 e. The minimum Gasteiger partial charge on any atom is -0.375 e. The third-order valence-electron chi connectivity index (χ3n) is 7.61. The number of aromatic nitrogens is 1. The van der Waals surface area contributed by atoms with E-state index in [0.29, 0.717) is 30.4 Å². The van der Waals surface area contributed by atoms with Crippen molar-refractivity contribution in [1.29, 1.82) is 0 Å². The molecule has 0 radical (unpaired) electrons. The molecule has 1 unspecified atom stereocenters. The first kappa shape index (κ1) is 22.3. The Kier molecular flexibility index (Phi) is 7.59. The van der Waals surface area contributed by atoms with Crippen molar-refractivity contribution in [2.75, 3.05) is 26.2 Å². The molecule has 2 aliphatic heterocycles. The fourth-order valence-corrected chi connectivity index (χ4v) is 5.62. The van der Waals surface area contributed by atoms with E-state index in [1.165, 1.54) is 32.1 Å². The predicted molar refractivity (Wildman–Crippen MR) is 120 cm³/mol. The Labute approximate surface area is 186 Å². The lowest BCUT2D eigenvalue weighted by atomic mass is 9.79. The molecular formula is C25H37N3O3. The van der Waals surface area contributed by atoms with Gasteiger partial charge in [-0.3, -0.25) is 14.6 Å². The van der Waals surface area contributed by atoms with Gasteiger partial charge in [0.2, 0.25) is 5.91 Å². The molecule has 31 heavy (non-hydrogen) atoms. The van der Waals surface area contributed by atoms with E-state index < -0.39 is 0 Å². The van der Waals surface area contributed by atoms with Crippen molar-refractivity contribution < 1.29 is 14.3 Å². The zero-order valence-electron chi connectivity index (χ0n) is 18.7. The maximum Gasteiger partial charge on any atom is 0.251 e. The van der Waals surface area contributed by atoms with E-state index in [1.54, 1.807) is 24.5 Å². The highest BCUT2D eigenvalue weighted by molar-refractivity contribution is 5.93. The summed E-state index contributed by atoms with van der Waals surface area (Å²) < 4.78 is 6.25. The van der Waals surface area contributed by atoms with Gasteiger partial charge in [0, 0.05) is 50.6 Å². The van der Waals surface area contributed by atoms with Gasteiger partial charge in [-0.25, -0.2) is 0 Å². The fourth-order valence-electron chi connectivity index (χ4n) is 5.62. The zero-order chi connectivity index (χ0) is 21.5. The van der Waals surface area contributed by atoms with Gasteiger partial charge in [0.25, 0.3) is 5.91 Å². The van der Waals surface area contributed by atoms with Crippen LogP contribution in [0, 0.1) is 11.8 Å². The van der Waals surface area contributed by atoms with Gasteiger partial charge in [-0.2, -0.15) is 0 Å². The van der Waals surface area contributed by atoms with E-state index in [2.05, 4.69) is 15.2 Å². The van der Waals surface area contributed by atoms with Crippen molar-refractivity contribution >= 4 is 11.8 Å². The molecule has 3 heterocycles. The number of rotatable bonds is 6. The number of piperidine rings is 1. The van der Waals surface area contributed by atoms with Gasteiger partial charge in [-0.05, 0) is 56.1 Å². The molecule has 170 valence electrons. The number of nitrogens with zero attached hydrogens (tertiary/aromatic N) is 2. The minimum absolute atomic E-state index is 0.0404. The number of ether oxygens (including phenoxy) is 1. The first-order valence-corrected chi connectivity index (χ1v) is 12.2. The normalized spacial score (nSPS) is 24.1. The second-order valence-corrected chi connectivity index (χ2v) is 9.76. The molecule has 1 aromatic heterocycles. The Balaban J connectivity index is 1.20. The molecule has 1 aromatic rings. The number of carbonyl (C=O) groups excluding carboxylic acids is 2. The van der Waals surface area contributed by atoms with Gasteiger partial charge < -0.3 is 15.0 Å². The Morgan fingerprint density at radius 2 is 1.81 bits per heavy atom. The van der Waals surface area contributed by atoms with Crippen LogP contribution in [0.4, 0.5) is 0 Å². The van der Waals surface area contributed by atoms with Crippen LogP contribution in [0.2, 0.25) is 0 Å². The van der Waals surface area contributed by atoms with E-state index in [4.69, 9.17) is 4.74 Å². The third-order valence-corrected chi connectivity index (χ3v) is 7.61. The number of hydrogen-bond donors (Lipinski definition) is 1. The highest BCUT2D eigenvalue weighted by Gasteiger charge is 2.41. The van der Waals surface area contributed by atoms with Crippen LogP contribution in [-0.2, 0) is 9.53 Å². The number of amides is 2. The van der Waals surface area contributed by atoms with E-state index in [0.717, 1.165) is 57.7 Å². The van der Waals surface area contributed by atoms with Crippen LogP contribution in [0.1, 0.15) is 81.0 Å². The van der Waals surface area contributed by atoms with E-state index in [-0.39, 0.29) is 11.5 Å². The molecule has 2 saturated heterocycles. The number of likely N-dealkylation sites (tertiary alicyclic amines) is 1. The lowest BCUT2D eigenvalue weighted by molar-refractivity contribution is -0.147. The molecule has 0 aromatic carbocycles. The Morgan fingerprint density at radius 3 is 2.55 bits per heavy atom. The summed E-state index contributed by atoms with van der Waals surface area (Å²) in [5.74, 6) is 1.48. The molecular weight excluding hydrogens is 390 g/mol. The quantitative estimate of drug-likeness (QED) is 0.746. The summed E-state index contributed by atoms with van der Waals surface area (Å²) in [7, 11) is 0. The van der Waals surface area contributed by atoms with E-state index in [9.17, 15) is 9.59 Å². The summed E-state index contributed by atoms with van der Waals surface area (Å²) >= 11 is 0. The van der Waals surface area contributed by atoms with Crippen LogP contribution >= 0.6 is 0 Å². The van der Waals surface area contributed by atoms with Crippen LogP contribution in [-0.4, -0.2) is 53.5 Å². The summed E-state index contributed by atoms with van der Waals surface area (Å²) in [5, 5.41) is 3.08. The van der Waals surface area contributed by atoms with Crippen LogP contribution in [0.15, 0.2) is 24.5 Å². The highest BCUT2D eigenvalue weighted by atomic mass is 16.5. The van der Waals surface area contributed by atoms with Crippen LogP contribution < -0.4 is 5.32 Å². The standard InChI is InChI=1S/C25H37N3O3/c29-23(7-6-20-4-2-1-3-5-20)28-15-11-25(12-16-28)18-21(10-17-31-25)19-27-24(30)22-8-13-26-14-9-22/h8-9,13-14,20-21H,1-7,10-12,15-19H2,(H,27,30). The molecule has 1 aliphatic carbocycles. The van der Waals surface area contributed by atoms with Gasteiger partial charge in [-0.15, -0.1) is 0 Å². The summed E-state index contributed by atoms with van der Waals surface area (Å²) in [4.78, 5) is 31.1. The molecule has 3 fully saturated rings. The van der Waals surface area contributed by atoms with Crippen LogP contribution in [0.5, 0.6) is 0 Å². The first-order valence-electron chi connectivity index (χ1n) is 12.2. The molecule has 4 rings (SSSR count). The number of nitrogens with one attached hydrogen (secondary N) is 1. The highest BCUT2D eigenvalue weighted by Crippen LogP contribution is 2.38. The molecule has 6 heteroatoms. The van der Waals surface area contributed by atoms with Gasteiger partial charge in [-0.1, -0.05) is 32.1 Å². The van der Waals surface area contributed by atoms with Crippen molar-refractivity contribution in [3.05, 3.63) is 30.1 Å². The predicted octanol–water partition coefficient (Wildman–Crippen LogP) is 3.96. The first-order chi connectivity index (χ1) is 15.1. The molecule has 6 nitrogen and oxygen atoms in total. The summed E-state index contributed by atoms with van der Waals surface area (Å²) in [5.41, 5.74) is 0.529. The fraction of sp³-hybridized carbons (Fsp3) is 0.720.